The van der Waals surface area contributed by atoms with Crippen LogP contribution in [0, 0.1) is 0 Å². The van der Waals surface area contributed by atoms with Crippen molar-refractivity contribution in [2.24, 2.45) is 7.05 Å². The van der Waals surface area contributed by atoms with Crippen molar-refractivity contribution in [3.63, 3.8) is 0 Å². The molecular weight excluding hydrogens is 277 g/mol. The highest BCUT2D eigenvalue weighted by Crippen LogP contribution is 2.21. The van der Waals surface area contributed by atoms with Gasteiger partial charge >= 0.3 is 0 Å². The molecule has 1 N–H and O–H groups in total. The minimum Gasteiger partial charge on any atom is -0.311 e. The molecule has 2 rings (SSSR count). The van der Waals surface area contributed by atoms with Gasteiger partial charge in [-0.15, -0.1) is 23.7 Å². The number of thiophene rings is 1. The van der Waals surface area contributed by atoms with Gasteiger partial charge in [0.1, 0.15) is 0 Å². The van der Waals surface area contributed by atoms with Gasteiger partial charge in [0.25, 0.3) is 0 Å². The molecule has 3 nitrogen and oxygen atoms in total. The summed E-state index contributed by atoms with van der Waals surface area (Å²) >= 11 is 7.50. The van der Waals surface area contributed by atoms with Crippen molar-refractivity contribution < 1.29 is 0 Å². The van der Waals surface area contributed by atoms with Crippen LogP contribution in [-0.2, 0) is 20.0 Å². The molecule has 0 amide bonds. The summed E-state index contributed by atoms with van der Waals surface area (Å²) in [6.45, 7) is 1.77. The Morgan fingerprint density at radius 2 is 2.24 bits per heavy atom. The third kappa shape index (κ3) is 4.68. The van der Waals surface area contributed by atoms with E-state index in [4.69, 9.17) is 11.6 Å². The smallest absolute Gasteiger partial charge is 0.0931 e. The summed E-state index contributed by atoms with van der Waals surface area (Å²) in [5.41, 5.74) is 1.08. The molecule has 0 aliphatic rings. The van der Waals surface area contributed by atoms with Crippen LogP contribution in [0.4, 0.5) is 0 Å². The fraction of sp³-hybridized carbons (Fsp3) is 0.364. The first kappa shape index (κ1) is 14.5. The second-order valence-electron chi connectivity index (χ2n) is 3.61. The maximum atomic E-state index is 5.86. The van der Waals surface area contributed by atoms with E-state index in [1.165, 1.54) is 4.88 Å². The first-order chi connectivity index (χ1) is 7.74. The van der Waals surface area contributed by atoms with E-state index in [0.29, 0.717) is 0 Å². The number of aryl methyl sites for hydroxylation is 1. The SMILES string of the molecule is Cl.Cn1ccc(CNCCc2ccc(Cl)s2)n1. The first-order valence-corrected chi connectivity index (χ1v) is 6.37. The maximum Gasteiger partial charge on any atom is 0.0931 e. The summed E-state index contributed by atoms with van der Waals surface area (Å²) in [7, 11) is 1.93. The van der Waals surface area contributed by atoms with Gasteiger partial charge in [-0.3, -0.25) is 4.68 Å². The summed E-state index contributed by atoms with van der Waals surface area (Å²) in [6.07, 6.45) is 2.97. The molecule has 0 fully saturated rings. The fourth-order valence-electron chi connectivity index (χ4n) is 1.47. The highest BCUT2D eigenvalue weighted by atomic mass is 35.5. The maximum absolute atomic E-state index is 5.86. The Labute approximate surface area is 116 Å². The van der Waals surface area contributed by atoms with Crippen molar-refractivity contribution in [2.75, 3.05) is 6.54 Å². The summed E-state index contributed by atoms with van der Waals surface area (Å²) < 4.78 is 2.68. The van der Waals surface area contributed by atoms with E-state index in [9.17, 15) is 0 Å². The highest BCUT2D eigenvalue weighted by molar-refractivity contribution is 7.16. The van der Waals surface area contributed by atoms with E-state index in [2.05, 4.69) is 16.5 Å². The predicted molar refractivity (Wildman–Crippen MR) is 75.2 cm³/mol. The highest BCUT2D eigenvalue weighted by Gasteiger charge is 1.99. The fourth-order valence-corrected chi connectivity index (χ4v) is 2.56. The third-order valence-electron chi connectivity index (χ3n) is 2.25. The molecular formula is C11H15Cl2N3S. The van der Waals surface area contributed by atoms with Crippen LogP contribution >= 0.6 is 35.3 Å². The van der Waals surface area contributed by atoms with Gasteiger partial charge in [0.15, 0.2) is 0 Å². The Balaban J connectivity index is 0.00000144. The number of nitrogens with zero attached hydrogens (tertiary/aromatic N) is 2. The van der Waals surface area contributed by atoms with Crippen LogP contribution in [0.25, 0.3) is 0 Å². The van der Waals surface area contributed by atoms with E-state index in [-0.39, 0.29) is 12.4 Å². The molecule has 0 saturated carbocycles. The molecule has 0 aliphatic heterocycles. The summed E-state index contributed by atoms with van der Waals surface area (Å²) in [5.74, 6) is 0. The van der Waals surface area contributed by atoms with Crippen LogP contribution in [0.2, 0.25) is 4.34 Å². The largest absolute Gasteiger partial charge is 0.311 e. The Morgan fingerprint density at radius 1 is 1.41 bits per heavy atom. The number of hydrogen-bond donors (Lipinski definition) is 1. The average molecular weight is 292 g/mol. The zero-order valence-corrected chi connectivity index (χ0v) is 11.9. The van der Waals surface area contributed by atoms with Crippen LogP contribution in [-0.4, -0.2) is 16.3 Å². The molecule has 94 valence electrons. The van der Waals surface area contributed by atoms with Gasteiger partial charge in [-0.05, 0) is 24.6 Å². The average Bonchev–Trinajstić information content (AvgIpc) is 2.83. The van der Waals surface area contributed by atoms with Crippen molar-refractivity contribution in [3.8, 4) is 0 Å². The van der Waals surface area contributed by atoms with Crippen molar-refractivity contribution in [1.82, 2.24) is 15.1 Å². The Hall–Kier alpha value is -0.550. The number of halogens is 2. The van der Waals surface area contributed by atoms with Gasteiger partial charge in [0.2, 0.25) is 0 Å². The molecule has 0 spiro atoms. The van der Waals surface area contributed by atoms with Gasteiger partial charge in [0.05, 0.1) is 10.0 Å². The standard InChI is InChI=1S/C11H14ClN3S.ClH/c1-15-7-5-9(14-15)8-13-6-4-10-2-3-11(12)16-10;/h2-3,5,7,13H,4,6,8H2,1H3;1H. The third-order valence-corrected chi connectivity index (χ3v) is 3.54. The van der Waals surface area contributed by atoms with Gasteiger partial charge in [-0.25, -0.2) is 0 Å². The summed E-state index contributed by atoms with van der Waals surface area (Å²) in [5, 5.41) is 7.66. The van der Waals surface area contributed by atoms with Crippen molar-refractivity contribution in [3.05, 3.63) is 39.3 Å². The molecule has 0 saturated heterocycles. The lowest BCUT2D eigenvalue weighted by atomic mass is 10.3. The van der Waals surface area contributed by atoms with E-state index >= 15 is 0 Å². The zero-order valence-electron chi connectivity index (χ0n) is 9.52. The molecule has 2 aromatic heterocycles. The first-order valence-electron chi connectivity index (χ1n) is 5.17. The Kier molecular flexibility index (Phi) is 5.98. The molecule has 2 heterocycles. The van der Waals surface area contributed by atoms with Gasteiger partial charge in [-0.2, -0.15) is 5.10 Å². The number of nitrogens with one attached hydrogen (secondary N) is 1. The second-order valence-corrected chi connectivity index (χ2v) is 5.41. The van der Waals surface area contributed by atoms with E-state index in [1.807, 2.05) is 30.1 Å². The van der Waals surface area contributed by atoms with Crippen LogP contribution in [0.15, 0.2) is 24.4 Å². The summed E-state index contributed by atoms with van der Waals surface area (Å²) in [6, 6.07) is 6.05. The number of hydrogen-bond acceptors (Lipinski definition) is 3. The molecule has 0 unspecified atom stereocenters. The molecule has 2 aromatic rings. The van der Waals surface area contributed by atoms with Crippen molar-refractivity contribution >= 4 is 35.3 Å². The second kappa shape index (κ2) is 7.01. The monoisotopic (exact) mass is 291 g/mol. The van der Waals surface area contributed by atoms with Crippen LogP contribution < -0.4 is 5.32 Å². The minimum absolute atomic E-state index is 0. The van der Waals surface area contributed by atoms with Crippen LogP contribution in [0.1, 0.15) is 10.6 Å². The predicted octanol–water partition coefficient (Wildman–Crippen LogP) is 2.89. The molecule has 0 atom stereocenters. The van der Waals surface area contributed by atoms with Gasteiger partial charge in [0, 0.05) is 31.2 Å². The lowest BCUT2D eigenvalue weighted by Gasteiger charge is -2.00. The summed E-state index contributed by atoms with van der Waals surface area (Å²) in [4.78, 5) is 1.32. The quantitative estimate of drug-likeness (QED) is 0.859. The van der Waals surface area contributed by atoms with Crippen LogP contribution in [0.5, 0.6) is 0 Å². The Morgan fingerprint density at radius 3 is 2.82 bits per heavy atom. The minimum atomic E-state index is 0. The molecule has 17 heavy (non-hydrogen) atoms. The van der Waals surface area contributed by atoms with E-state index in [1.54, 1.807) is 11.3 Å². The van der Waals surface area contributed by atoms with Crippen molar-refractivity contribution in [2.45, 2.75) is 13.0 Å². The Bertz CT molecular complexity index is 411. The molecule has 0 bridgehead atoms. The van der Waals surface area contributed by atoms with E-state index < -0.39 is 0 Å². The van der Waals surface area contributed by atoms with Gasteiger partial charge < -0.3 is 5.32 Å². The normalized spacial score (nSPS) is 10.2. The lowest BCUT2D eigenvalue weighted by Crippen LogP contribution is -2.16. The molecule has 0 radical (unpaired) electrons. The van der Waals surface area contributed by atoms with Crippen molar-refractivity contribution in [1.29, 1.82) is 0 Å². The number of aromatic nitrogens is 2. The number of rotatable bonds is 5. The molecule has 0 aliphatic carbocycles. The van der Waals surface area contributed by atoms with E-state index in [0.717, 1.165) is 29.5 Å². The lowest BCUT2D eigenvalue weighted by molar-refractivity contribution is 0.656. The zero-order chi connectivity index (χ0) is 11.4. The molecule has 6 heteroatoms. The topological polar surface area (TPSA) is 29.9 Å². The van der Waals surface area contributed by atoms with Gasteiger partial charge in [-0.1, -0.05) is 11.6 Å². The van der Waals surface area contributed by atoms with Crippen LogP contribution in [0.3, 0.4) is 0 Å². The molecule has 0 aromatic carbocycles.